The van der Waals surface area contributed by atoms with Crippen molar-refractivity contribution in [3.8, 4) is 0 Å². The quantitative estimate of drug-likeness (QED) is 0.846. The van der Waals surface area contributed by atoms with Crippen LogP contribution in [0.1, 0.15) is 54.4 Å². The van der Waals surface area contributed by atoms with E-state index in [1.807, 2.05) is 0 Å². The predicted molar refractivity (Wildman–Crippen MR) is 79.8 cm³/mol. The van der Waals surface area contributed by atoms with E-state index in [-0.39, 0.29) is 16.9 Å². The maximum atomic E-state index is 11.7. The van der Waals surface area contributed by atoms with Crippen LogP contribution in [-0.4, -0.2) is 32.4 Å². The zero-order chi connectivity index (χ0) is 15.5. The first kappa shape index (κ1) is 18.4. The second kappa shape index (κ2) is 6.25. The highest BCUT2D eigenvalue weighted by molar-refractivity contribution is 7.91. The molecule has 0 aromatic carbocycles. The third-order valence-corrected chi connectivity index (χ3v) is 3.74. The zero-order valence-electron chi connectivity index (χ0n) is 13.3. The Hall–Kier alpha value is -0.580. The molecule has 0 bridgehead atoms. The van der Waals surface area contributed by atoms with Gasteiger partial charge < -0.3 is 5.32 Å². The van der Waals surface area contributed by atoms with Gasteiger partial charge in [0, 0.05) is 12.3 Å². The van der Waals surface area contributed by atoms with Gasteiger partial charge in [0.1, 0.15) is 5.75 Å². The molecule has 1 N–H and O–H groups in total. The molecule has 1 amide bonds. The Bertz CT molecular complexity index is 399. The lowest BCUT2D eigenvalue weighted by Crippen LogP contribution is -2.46. The molecule has 0 heterocycles. The minimum absolute atomic E-state index is 0.0130. The summed E-state index contributed by atoms with van der Waals surface area (Å²) in [5.74, 6) is -0.842. The Kier molecular flexibility index (Phi) is 6.06. The van der Waals surface area contributed by atoms with Crippen LogP contribution in [0.4, 0.5) is 0 Å². The summed E-state index contributed by atoms with van der Waals surface area (Å²) in [5, 5.41) is 2.87. The highest BCUT2D eigenvalue weighted by atomic mass is 32.2. The average molecular weight is 291 g/mol. The fourth-order valence-corrected chi connectivity index (χ4v) is 2.33. The van der Waals surface area contributed by atoms with Crippen LogP contribution in [0.25, 0.3) is 0 Å². The summed E-state index contributed by atoms with van der Waals surface area (Å²) in [6.45, 7) is 12.6. The van der Waals surface area contributed by atoms with Crippen LogP contribution in [-0.2, 0) is 14.6 Å². The molecule has 0 rings (SSSR count). The molecule has 1 atom stereocenters. The van der Waals surface area contributed by atoms with Crippen molar-refractivity contribution >= 4 is 15.7 Å². The smallest absolute Gasteiger partial charge is 0.235 e. The Morgan fingerprint density at radius 2 is 1.58 bits per heavy atom. The highest BCUT2D eigenvalue weighted by Gasteiger charge is 2.28. The molecule has 0 spiro atoms. The van der Waals surface area contributed by atoms with Crippen LogP contribution in [0.5, 0.6) is 0 Å². The molecule has 4 nitrogen and oxygen atoms in total. The first-order chi connectivity index (χ1) is 8.21. The van der Waals surface area contributed by atoms with Crippen LogP contribution >= 0.6 is 0 Å². The molecular weight excluding hydrogens is 262 g/mol. The molecule has 114 valence electrons. The van der Waals surface area contributed by atoms with E-state index in [9.17, 15) is 13.2 Å². The van der Waals surface area contributed by atoms with E-state index in [2.05, 4.69) is 46.9 Å². The molecule has 0 saturated heterocycles. The van der Waals surface area contributed by atoms with Crippen molar-refractivity contribution < 1.29 is 13.2 Å². The van der Waals surface area contributed by atoms with Gasteiger partial charge >= 0.3 is 0 Å². The van der Waals surface area contributed by atoms with E-state index < -0.39 is 21.5 Å². The summed E-state index contributed by atoms with van der Waals surface area (Å²) in [6, 6.07) is -0.0130. The lowest BCUT2D eigenvalue weighted by Gasteiger charge is -2.33. The van der Waals surface area contributed by atoms with Crippen molar-refractivity contribution in [1.82, 2.24) is 5.32 Å². The number of amides is 1. The number of sulfone groups is 1. The Morgan fingerprint density at radius 3 is 1.89 bits per heavy atom. The Balaban J connectivity index is 4.67. The van der Waals surface area contributed by atoms with Crippen molar-refractivity contribution in [3.63, 3.8) is 0 Å². The molecule has 0 aromatic rings. The van der Waals surface area contributed by atoms with E-state index in [0.29, 0.717) is 0 Å². The average Bonchev–Trinajstić information content (AvgIpc) is 2.05. The molecule has 0 aliphatic heterocycles. The molecule has 0 aliphatic rings. The molecule has 0 aromatic heterocycles. The van der Waals surface area contributed by atoms with Crippen LogP contribution < -0.4 is 5.32 Å². The summed E-state index contributed by atoms with van der Waals surface area (Å²) in [4.78, 5) is 11.7. The summed E-state index contributed by atoms with van der Waals surface area (Å²) in [7, 11) is -3.27. The first-order valence-electron chi connectivity index (χ1n) is 6.68. The summed E-state index contributed by atoms with van der Waals surface area (Å²) in [6.07, 6.45) is 2.91. The number of hydrogen-bond acceptors (Lipinski definition) is 3. The standard InChI is InChI=1S/C14H29NO3S/c1-13(2,3)9-8-11(14(4,5)6)15-12(16)10-19(7,17)18/h11H,8-10H2,1-7H3,(H,15,16). The Labute approximate surface area is 118 Å². The van der Waals surface area contributed by atoms with E-state index in [0.717, 1.165) is 19.1 Å². The van der Waals surface area contributed by atoms with Gasteiger partial charge in [-0.3, -0.25) is 4.79 Å². The van der Waals surface area contributed by atoms with Gasteiger partial charge in [0.2, 0.25) is 5.91 Å². The summed E-state index contributed by atoms with van der Waals surface area (Å²) < 4.78 is 22.3. The van der Waals surface area contributed by atoms with Gasteiger partial charge in [0.15, 0.2) is 9.84 Å². The van der Waals surface area contributed by atoms with E-state index >= 15 is 0 Å². The zero-order valence-corrected chi connectivity index (χ0v) is 14.1. The fraction of sp³-hybridized carbons (Fsp3) is 0.929. The van der Waals surface area contributed by atoms with Crippen molar-refractivity contribution in [2.75, 3.05) is 12.0 Å². The third kappa shape index (κ3) is 9.93. The van der Waals surface area contributed by atoms with Gasteiger partial charge in [-0.05, 0) is 23.7 Å². The normalized spacial score (nSPS) is 15.1. The molecule has 0 saturated carbocycles. The maximum absolute atomic E-state index is 11.7. The minimum Gasteiger partial charge on any atom is -0.352 e. The fourth-order valence-electron chi connectivity index (χ4n) is 1.77. The van der Waals surface area contributed by atoms with Crippen molar-refractivity contribution in [1.29, 1.82) is 0 Å². The van der Waals surface area contributed by atoms with Gasteiger partial charge in [-0.25, -0.2) is 8.42 Å². The van der Waals surface area contributed by atoms with E-state index in [1.54, 1.807) is 0 Å². The van der Waals surface area contributed by atoms with Crippen LogP contribution in [0.2, 0.25) is 0 Å². The second-order valence-electron chi connectivity index (χ2n) is 7.66. The SMILES string of the molecule is CC(C)(C)CCC(NC(=O)CS(C)(=O)=O)C(C)(C)C. The second-order valence-corrected chi connectivity index (χ2v) is 9.80. The number of nitrogens with one attached hydrogen (secondary N) is 1. The molecule has 1 unspecified atom stereocenters. The molecular formula is C14H29NO3S. The number of carbonyl (C=O) groups excluding carboxylic acids is 1. The van der Waals surface area contributed by atoms with Crippen LogP contribution in [0, 0.1) is 10.8 Å². The minimum atomic E-state index is -3.27. The summed E-state index contributed by atoms with van der Waals surface area (Å²) >= 11 is 0. The third-order valence-electron chi connectivity index (χ3n) is 2.96. The largest absolute Gasteiger partial charge is 0.352 e. The number of hydrogen-bond donors (Lipinski definition) is 1. The summed E-state index contributed by atoms with van der Waals surface area (Å²) in [5.41, 5.74) is 0.115. The lowest BCUT2D eigenvalue weighted by atomic mass is 9.80. The monoisotopic (exact) mass is 291 g/mol. The number of carbonyl (C=O) groups is 1. The van der Waals surface area contributed by atoms with Gasteiger partial charge in [-0.15, -0.1) is 0 Å². The van der Waals surface area contributed by atoms with Crippen molar-refractivity contribution in [2.45, 2.75) is 60.4 Å². The van der Waals surface area contributed by atoms with Gasteiger partial charge in [-0.1, -0.05) is 41.5 Å². The topological polar surface area (TPSA) is 63.2 Å². The van der Waals surface area contributed by atoms with Crippen LogP contribution in [0.15, 0.2) is 0 Å². The molecule has 19 heavy (non-hydrogen) atoms. The van der Waals surface area contributed by atoms with Crippen molar-refractivity contribution in [2.24, 2.45) is 10.8 Å². The van der Waals surface area contributed by atoms with Crippen molar-refractivity contribution in [3.05, 3.63) is 0 Å². The van der Waals surface area contributed by atoms with Gasteiger partial charge in [0.05, 0.1) is 0 Å². The number of rotatable bonds is 5. The van der Waals surface area contributed by atoms with E-state index in [1.165, 1.54) is 0 Å². The molecule has 0 radical (unpaired) electrons. The predicted octanol–water partition coefficient (Wildman–Crippen LogP) is 2.39. The van der Waals surface area contributed by atoms with Gasteiger partial charge in [0.25, 0.3) is 0 Å². The molecule has 0 fully saturated rings. The molecule has 5 heteroatoms. The maximum Gasteiger partial charge on any atom is 0.235 e. The van der Waals surface area contributed by atoms with Crippen LogP contribution in [0.3, 0.4) is 0 Å². The van der Waals surface area contributed by atoms with Gasteiger partial charge in [-0.2, -0.15) is 0 Å². The Morgan fingerprint density at radius 1 is 1.11 bits per heavy atom. The first-order valence-corrected chi connectivity index (χ1v) is 8.74. The lowest BCUT2D eigenvalue weighted by molar-refractivity contribution is -0.120. The highest BCUT2D eigenvalue weighted by Crippen LogP contribution is 2.28. The van der Waals surface area contributed by atoms with E-state index in [4.69, 9.17) is 0 Å². The molecule has 0 aliphatic carbocycles.